The summed E-state index contributed by atoms with van der Waals surface area (Å²) < 4.78 is 0. The number of anilines is 1. The van der Waals surface area contributed by atoms with E-state index in [1.165, 1.54) is 0 Å². The van der Waals surface area contributed by atoms with Gasteiger partial charge in [-0.25, -0.2) is 9.97 Å². The first-order valence-corrected chi connectivity index (χ1v) is 7.23. The average molecular weight is 268 g/mol. The molecule has 90 valence electrons. The van der Waals surface area contributed by atoms with Gasteiger partial charge in [0.25, 0.3) is 0 Å². The second-order valence-electron chi connectivity index (χ2n) is 3.63. The van der Waals surface area contributed by atoms with Crippen molar-refractivity contribution in [3.8, 4) is 0 Å². The number of nitrogens with one attached hydrogen (secondary N) is 1. The van der Waals surface area contributed by atoms with Crippen molar-refractivity contribution < 1.29 is 0 Å². The summed E-state index contributed by atoms with van der Waals surface area (Å²) in [6.07, 6.45) is 3.22. The van der Waals surface area contributed by atoms with Crippen LogP contribution in [0.4, 0.5) is 5.82 Å². The van der Waals surface area contributed by atoms with Crippen molar-refractivity contribution in [3.63, 3.8) is 0 Å². The van der Waals surface area contributed by atoms with Crippen molar-refractivity contribution in [1.29, 1.82) is 0 Å². The highest BCUT2D eigenvalue weighted by Crippen LogP contribution is 2.21. The molecule has 2 aromatic rings. The molecule has 5 heteroatoms. The lowest BCUT2D eigenvalue weighted by atomic mass is 10.2. The van der Waals surface area contributed by atoms with Gasteiger partial charge in [-0.2, -0.15) is 11.8 Å². The zero-order valence-electron chi connectivity index (χ0n) is 9.61. The fourth-order valence-electron chi connectivity index (χ4n) is 1.61. The fourth-order valence-corrected chi connectivity index (χ4v) is 2.21. The van der Waals surface area contributed by atoms with Gasteiger partial charge in [0.05, 0.1) is 5.52 Å². The van der Waals surface area contributed by atoms with Crippen molar-refractivity contribution in [1.82, 2.24) is 9.97 Å². The van der Waals surface area contributed by atoms with Gasteiger partial charge in [0.15, 0.2) is 0 Å². The topological polar surface area (TPSA) is 37.8 Å². The highest BCUT2D eigenvalue weighted by atomic mass is 35.5. The largest absolute Gasteiger partial charge is 0.369 e. The molecular weight excluding hydrogens is 254 g/mol. The maximum Gasteiger partial charge on any atom is 0.224 e. The summed E-state index contributed by atoms with van der Waals surface area (Å²) in [5.41, 5.74) is 0.875. The lowest BCUT2D eigenvalue weighted by Gasteiger charge is -2.08. The van der Waals surface area contributed by atoms with Crippen LogP contribution in [0.2, 0.25) is 5.28 Å². The van der Waals surface area contributed by atoms with E-state index in [4.69, 9.17) is 11.6 Å². The molecule has 1 aromatic carbocycles. The molecule has 1 aromatic heterocycles. The minimum Gasteiger partial charge on any atom is -0.369 e. The third-order valence-corrected chi connectivity index (χ3v) is 3.26. The quantitative estimate of drug-likeness (QED) is 0.665. The molecule has 0 radical (unpaired) electrons. The van der Waals surface area contributed by atoms with Crippen LogP contribution >= 0.6 is 23.4 Å². The molecule has 0 aliphatic carbocycles. The number of fused-ring (bicyclic) bond motifs is 1. The van der Waals surface area contributed by atoms with Gasteiger partial charge >= 0.3 is 0 Å². The number of nitrogens with zero attached hydrogens (tertiary/aromatic N) is 2. The Morgan fingerprint density at radius 1 is 1.29 bits per heavy atom. The van der Waals surface area contributed by atoms with E-state index in [0.29, 0.717) is 0 Å². The number of thioether (sulfide) groups is 1. The molecule has 0 aliphatic rings. The summed E-state index contributed by atoms with van der Waals surface area (Å²) in [4.78, 5) is 8.43. The number of halogens is 1. The molecule has 2 rings (SSSR count). The molecule has 1 N–H and O–H groups in total. The number of para-hydroxylation sites is 1. The van der Waals surface area contributed by atoms with Crippen LogP contribution in [0, 0.1) is 0 Å². The molecule has 17 heavy (non-hydrogen) atoms. The van der Waals surface area contributed by atoms with E-state index in [9.17, 15) is 0 Å². The number of rotatable bonds is 5. The summed E-state index contributed by atoms with van der Waals surface area (Å²) >= 11 is 7.74. The summed E-state index contributed by atoms with van der Waals surface area (Å²) in [5, 5.41) is 4.62. The molecular formula is C12H14ClN3S. The van der Waals surface area contributed by atoms with E-state index in [2.05, 4.69) is 21.5 Å². The molecule has 0 fully saturated rings. The summed E-state index contributed by atoms with van der Waals surface area (Å²) in [7, 11) is 0. The van der Waals surface area contributed by atoms with Crippen LogP contribution in [0.15, 0.2) is 24.3 Å². The van der Waals surface area contributed by atoms with Gasteiger partial charge in [-0.3, -0.25) is 0 Å². The Kier molecular flexibility index (Phi) is 4.45. The Labute approximate surface area is 110 Å². The van der Waals surface area contributed by atoms with Gasteiger partial charge in [0, 0.05) is 11.9 Å². The molecule has 0 spiro atoms. The molecule has 0 saturated heterocycles. The van der Waals surface area contributed by atoms with Crippen LogP contribution in [0.3, 0.4) is 0 Å². The molecule has 0 aliphatic heterocycles. The normalized spacial score (nSPS) is 10.7. The van der Waals surface area contributed by atoms with Crippen LogP contribution in [0.25, 0.3) is 10.9 Å². The molecule has 3 nitrogen and oxygen atoms in total. The highest BCUT2D eigenvalue weighted by Gasteiger charge is 2.04. The number of benzene rings is 1. The Balaban J connectivity index is 2.20. The van der Waals surface area contributed by atoms with Gasteiger partial charge in [-0.1, -0.05) is 12.1 Å². The predicted molar refractivity (Wildman–Crippen MR) is 76.0 cm³/mol. The van der Waals surface area contributed by atoms with Crippen molar-refractivity contribution in [3.05, 3.63) is 29.5 Å². The lowest BCUT2D eigenvalue weighted by molar-refractivity contribution is 0.982. The summed E-state index contributed by atoms with van der Waals surface area (Å²) in [5.74, 6) is 1.96. The molecule has 0 unspecified atom stereocenters. The van der Waals surface area contributed by atoms with E-state index >= 15 is 0 Å². The van der Waals surface area contributed by atoms with Crippen LogP contribution in [-0.2, 0) is 0 Å². The fraction of sp³-hybridized carbons (Fsp3) is 0.333. The Morgan fingerprint density at radius 2 is 2.12 bits per heavy atom. The zero-order chi connectivity index (χ0) is 12.1. The predicted octanol–water partition coefficient (Wildman–Crippen LogP) is 3.45. The second kappa shape index (κ2) is 6.07. The van der Waals surface area contributed by atoms with Gasteiger partial charge in [0.1, 0.15) is 5.82 Å². The van der Waals surface area contributed by atoms with Gasteiger partial charge in [-0.05, 0) is 42.2 Å². The molecule has 0 bridgehead atoms. The first kappa shape index (κ1) is 12.5. The van der Waals surface area contributed by atoms with Crippen molar-refractivity contribution >= 4 is 40.1 Å². The maximum atomic E-state index is 5.90. The number of hydrogen-bond donors (Lipinski definition) is 1. The van der Waals surface area contributed by atoms with Crippen LogP contribution in [0.5, 0.6) is 0 Å². The standard InChI is InChI=1S/C12H14ClN3S/c1-17-8-4-7-14-11-9-5-2-3-6-10(9)15-12(13)16-11/h2-3,5-6H,4,7-8H2,1H3,(H,14,15,16). The summed E-state index contributed by atoms with van der Waals surface area (Å²) in [6.45, 7) is 0.901. The van der Waals surface area contributed by atoms with Crippen LogP contribution in [-0.4, -0.2) is 28.5 Å². The zero-order valence-corrected chi connectivity index (χ0v) is 11.2. The minimum absolute atomic E-state index is 0.288. The van der Waals surface area contributed by atoms with Crippen molar-refractivity contribution in [2.24, 2.45) is 0 Å². The van der Waals surface area contributed by atoms with E-state index in [1.807, 2.05) is 36.0 Å². The first-order chi connectivity index (χ1) is 8.31. The Morgan fingerprint density at radius 3 is 2.94 bits per heavy atom. The smallest absolute Gasteiger partial charge is 0.224 e. The van der Waals surface area contributed by atoms with E-state index < -0.39 is 0 Å². The monoisotopic (exact) mass is 267 g/mol. The van der Waals surface area contributed by atoms with E-state index in [1.54, 1.807) is 0 Å². The number of aromatic nitrogens is 2. The lowest BCUT2D eigenvalue weighted by Crippen LogP contribution is -2.05. The van der Waals surface area contributed by atoms with Gasteiger partial charge in [0.2, 0.25) is 5.28 Å². The number of hydrogen-bond acceptors (Lipinski definition) is 4. The van der Waals surface area contributed by atoms with Crippen molar-refractivity contribution in [2.75, 3.05) is 23.9 Å². The van der Waals surface area contributed by atoms with Gasteiger partial charge in [-0.15, -0.1) is 0 Å². The molecule has 1 heterocycles. The molecule has 0 saturated carbocycles. The van der Waals surface area contributed by atoms with Gasteiger partial charge < -0.3 is 5.32 Å². The SMILES string of the molecule is CSCCCNc1nc(Cl)nc2ccccc12. The van der Waals surface area contributed by atoms with Crippen LogP contribution < -0.4 is 5.32 Å². The molecule has 0 atom stereocenters. The van der Waals surface area contributed by atoms with Crippen LogP contribution in [0.1, 0.15) is 6.42 Å². The third-order valence-electron chi connectivity index (χ3n) is 2.39. The first-order valence-electron chi connectivity index (χ1n) is 5.46. The average Bonchev–Trinajstić information content (AvgIpc) is 2.34. The van der Waals surface area contributed by atoms with E-state index in [-0.39, 0.29) is 5.28 Å². The van der Waals surface area contributed by atoms with Crippen molar-refractivity contribution in [2.45, 2.75) is 6.42 Å². The third kappa shape index (κ3) is 3.23. The highest BCUT2D eigenvalue weighted by molar-refractivity contribution is 7.98. The Hall–Kier alpha value is -1.00. The minimum atomic E-state index is 0.288. The maximum absolute atomic E-state index is 5.90. The van der Waals surface area contributed by atoms with E-state index in [0.717, 1.165) is 35.4 Å². The molecule has 0 amide bonds. The Bertz CT molecular complexity index is 504. The second-order valence-corrected chi connectivity index (χ2v) is 4.96. The summed E-state index contributed by atoms with van der Waals surface area (Å²) in [6, 6.07) is 7.87.